The van der Waals surface area contributed by atoms with E-state index in [9.17, 15) is 0 Å². The highest BCUT2D eigenvalue weighted by atomic mass is 15.7. The van der Waals surface area contributed by atoms with E-state index >= 15 is 0 Å². The van der Waals surface area contributed by atoms with Crippen molar-refractivity contribution in [2.45, 2.75) is 54.4 Å². The number of benzene rings is 3. The van der Waals surface area contributed by atoms with Crippen LogP contribution in [0.15, 0.2) is 81.3 Å². The molecule has 0 aliphatic heterocycles. The summed E-state index contributed by atoms with van der Waals surface area (Å²) in [5, 5.41) is 19.4. The van der Waals surface area contributed by atoms with Crippen molar-refractivity contribution in [2.24, 2.45) is 26.6 Å². The van der Waals surface area contributed by atoms with Gasteiger partial charge in [0.15, 0.2) is 0 Å². The Morgan fingerprint density at radius 3 is 2.22 bits per heavy atom. The number of hydrogen-bond acceptors (Lipinski definition) is 4. The second kappa shape index (κ2) is 10.8. The van der Waals surface area contributed by atoms with Crippen LogP contribution in [0.2, 0.25) is 0 Å². The first-order valence-corrected chi connectivity index (χ1v) is 11.2. The molecule has 0 radical (unpaired) electrons. The fraction of sp³-hybridized carbons (Fsp3) is 0.333. The highest BCUT2D eigenvalue weighted by molar-refractivity contribution is 5.56. The molecule has 32 heavy (non-hydrogen) atoms. The van der Waals surface area contributed by atoms with Gasteiger partial charge >= 0.3 is 0 Å². The highest BCUT2D eigenvalue weighted by Gasteiger charge is 2.13. The molecule has 0 saturated heterocycles. The van der Waals surface area contributed by atoms with Gasteiger partial charge in [-0.2, -0.15) is 0 Å². The lowest BCUT2D eigenvalue weighted by atomic mass is 9.94. The Balaban J connectivity index is 2.00. The maximum absolute atomic E-state index is 4.51. The van der Waals surface area contributed by atoms with Gasteiger partial charge in [-0.3, -0.25) is 0 Å². The van der Waals surface area contributed by atoms with Gasteiger partial charge in [-0.05, 0) is 103 Å². The van der Waals surface area contributed by atoms with Gasteiger partial charge in [0.2, 0.25) is 0 Å². The molecule has 0 heterocycles. The van der Waals surface area contributed by atoms with Gasteiger partial charge in [0, 0.05) is 0 Å². The lowest BCUT2D eigenvalue weighted by Crippen LogP contribution is -2.09. The number of anilines is 1. The minimum absolute atomic E-state index is 0.650. The van der Waals surface area contributed by atoms with Crippen molar-refractivity contribution < 1.29 is 0 Å². The first-order chi connectivity index (χ1) is 15.4. The molecule has 0 spiro atoms. The SMILES string of the molecule is CCC(C)Cc1cc(C)c(N(N=Nc2ccccc2)N=Nc2cc(C)ccc2C)cc1C. The van der Waals surface area contributed by atoms with E-state index in [4.69, 9.17) is 0 Å². The third kappa shape index (κ3) is 6.10. The zero-order valence-electron chi connectivity index (χ0n) is 20.0. The van der Waals surface area contributed by atoms with Gasteiger partial charge in [0.25, 0.3) is 0 Å². The fourth-order valence-electron chi connectivity index (χ4n) is 3.44. The molecule has 0 saturated carbocycles. The molecule has 0 amide bonds. The zero-order valence-corrected chi connectivity index (χ0v) is 20.0. The molecule has 0 bridgehead atoms. The number of aryl methyl sites for hydroxylation is 4. The van der Waals surface area contributed by atoms with Gasteiger partial charge in [-0.1, -0.05) is 56.7 Å². The summed E-state index contributed by atoms with van der Waals surface area (Å²) in [7, 11) is 0. The van der Waals surface area contributed by atoms with Crippen molar-refractivity contribution in [1.29, 1.82) is 0 Å². The van der Waals surface area contributed by atoms with E-state index in [1.165, 1.54) is 22.7 Å². The Morgan fingerprint density at radius 2 is 1.50 bits per heavy atom. The zero-order chi connectivity index (χ0) is 23.1. The quantitative estimate of drug-likeness (QED) is 0.262. The summed E-state index contributed by atoms with van der Waals surface area (Å²) in [5.41, 5.74) is 8.37. The van der Waals surface area contributed by atoms with E-state index in [0.717, 1.165) is 40.2 Å². The van der Waals surface area contributed by atoms with Crippen LogP contribution in [-0.2, 0) is 6.42 Å². The molecule has 0 fully saturated rings. The molecule has 0 N–H and O–H groups in total. The van der Waals surface area contributed by atoms with E-state index in [1.807, 2.05) is 43.3 Å². The first-order valence-electron chi connectivity index (χ1n) is 11.2. The van der Waals surface area contributed by atoms with Crippen LogP contribution in [0.5, 0.6) is 0 Å². The number of hydrogen-bond donors (Lipinski definition) is 0. The van der Waals surface area contributed by atoms with E-state index < -0.39 is 0 Å². The maximum atomic E-state index is 4.51. The van der Waals surface area contributed by atoms with E-state index in [0.29, 0.717) is 5.92 Å². The Bertz CT molecular complexity index is 1100. The van der Waals surface area contributed by atoms with Crippen LogP contribution in [0, 0.1) is 33.6 Å². The van der Waals surface area contributed by atoms with Crippen molar-refractivity contribution in [3.63, 3.8) is 0 Å². The Morgan fingerprint density at radius 1 is 0.781 bits per heavy atom. The molecule has 0 aliphatic carbocycles. The van der Waals surface area contributed by atoms with Crippen LogP contribution in [-0.4, -0.2) is 0 Å². The summed E-state index contributed by atoms with van der Waals surface area (Å²) in [4.78, 5) is 0. The number of rotatable bonds is 8. The van der Waals surface area contributed by atoms with E-state index in [1.54, 1.807) is 0 Å². The van der Waals surface area contributed by atoms with Crippen LogP contribution in [0.1, 0.15) is 48.1 Å². The van der Waals surface area contributed by atoms with Gasteiger partial charge in [-0.25, -0.2) is 0 Å². The molecule has 166 valence electrons. The van der Waals surface area contributed by atoms with Gasteiger partial charge in [0.05, 0.1) is 17.1 Å². The monoisotopic (exact) mass is 427 g/mol. The summed E-state index contributed by atoms with van der Waals surface area (Å²) < 4.78 is 0. The third-order valence-corrected chi connectivity index (χ3v) is 5.74. The maximum Gasteiger partial charge on any atom is 0.0923 e. The molecule has 5 nitrogen and oxygen atoms in total. The third-order valence-electron chi connectivity index (χ3n) is 5.74. The fourth-order valence-corrected chi connectivity index (χ4v) is 3.44. The molecule has 3 rings (SSSR count). The molecule has 0 aliphatic rings. The molecule has 1 atom stereocenters. The Kier molecular flexibility index (Phi) is 7.87. The summed E-state index contributed by atoms with van der Waals surface area (Å²) in [6.07, 6.45) is 2.24. The van der Waals surface area contributed by atoms with E-state index in [-0.39, 0.29) is 0 Å². The van der Waals surface area contributed by atoms with Crippen molar-refractivity contribution in [2.75, 3.05) is 5.12 Å². The van der Waals surface area contributed by atoms with Crippen LogP contribution in [0.3, 0.4) is 0 Å². The van der Waals surface area contributed by atoms with E-state index in [2.05, 4.69) is 79.6 Å². The number of nitrogens with zero attached hydrogens (tertiary/aromatic N) is 5. The Hall–Kier alpha value is -3.34. The largest absolute Gasteiger partial charge is 0.131 e. The normalized spacial score (nSPS) is 12.6. The lowest BCUT2D eigenvalue weighted by molar-refractivity contribution is 0.558. The predicted octanol–water partition coefficient (Wildman–Crippen LogP) is 8.71. The smallest absolute Gasteiger partial charge is 0.0923 e. The second-order valence-electron chi connectivity index (χ2n) is 8.58. The average Bonchev–Trinajstić information content (AvgIpc) is 2.79. The molecule has 3 aromatic carbocycles. The molecule has 5 heteroatoms. The molecule has 3 aromatic rings. The van der Waals surface area contributed by atoms with Crippen molar-refractivity contribution in [3.05, 3.63) is 88.5 Å². The highest BCUT2D eigenvalue weighted by Crippen LogP contribution is 2.29. The van der Waals surface area contributed by atoms with Crippen molar-refractivity contribution in [3.8, 4) is 0 Å². The summed E-state index contributed by atoms with van der Waals surface area (Å²) in [6.45, 7) is 12.8. The van der Waals surface area contributed by atoms with Crippen LogP contribution in [0.25, 0.3) is 0 Å². The molecular formula is C27H33N5. The predicted molar refractivity (Wildman–Crippen MR) is 133 cm³/mol. The van der Waals surface area contributed by atoms with Crippen LogP contribution >= 0.6 is 0 Å². The minimum Gasteiger partial charge on any atom is -0.131 e. The van der Waals surface area contributed by atoms with Gasteiger partial charge in [0.1, 0.15) is 0 Å². The van der Waals surface area contributed by atoms with Gasteiger partial charge in [-0.15, -0.1) is 15.3 Å². The van der Waals surface area contributed by atoms with Gasteiger partial charge < -0.3 is 0 Å². The average molecular weight is 428 g/mol. The van der Waals surface area contributed by atoms with Crippen LogP contribution < -0.4 is 5.12 Å². The molecule has 1 unspecified atom stereocenters. The van der Waals surface area contributed by atoms with Crippen molar-refractivity contribution >= 4 is 17.1 Å². The topological polar surface area (TPSA) is 52.7 Å². The van der Waals surface area contributed by atoms with Crippen molar-refractivity contribution in [1.82, 2.24) is 0 Å². The minimum atomic E-state index is 0.650. The first kappa shape index (κ1) is 23.3. The Labute approximate surface area is 191 Å². The summed E-state index contributed by atoms with van der Waals surface area (Å²) in [6, 6.07) is 20.2. The standard InChI is InChI=1S/C27H33N5/c1-7-19(2)15-24-17-23(6)27(18-22(24)5)32(30-28-25-11-9-8-10-12-25)31-29-26-16-20(3)13-14-21(26)4/h8-14,16-19H,7,15H2,1-6H3. The lowest BCUT2D eigenvalue weighted by Gasteiger charge is -2.18. The summed E-state index contributed by atoms with van der Waals surface area (Å²) in [5.74, 6) is 0.650. The summed E-state index contributed by atoms with van der Waals surface area (Å²) >= 11 is 0. The molecule has 0 aromatic heterocycles. The van der Waals surface area contributed by atoms with Crippen LogP contribution in [0.4, 0.5) is 17.1 Å². The molecular weight excluding hydrogens is 394 g/mol. The second-order valence-corrected chi connectivity index (χ2v) is 8.58.